The number of thiophene rings is 1. The van der Waals surface area contributed by atoms with E-state index in [1.165, 1.54) is 5.69 Å². The molecule has 1 aromatic carbocycles. The lowest BCUT2D eigenvalue weighted by atomic mass is 10.1. The van der Waals surface area contributed by atoms with Crippen LogP contribution < -0.4 is 5.32 Å². The summed E-state index contributed by atoms with van der Waals surface area (Å²) in [4.78, 5) is 9.89. The van der Waals surface area contributed by atoms with Gasteiger partial charge in [-0.15, -0.1) is 11.3 Å². The van der Waals surface area contributed by atoms with E-state index in [1.807, 2.05) is 31.2 Å². The maximum Gasteiger partial charge on any atom is 0.138 e. The van der Waals surface area contributed by atoms with Gasteiger partial charge in [0, 0.05) is 34.7 Å². The van der Waals surface area contributed by atoms with E-state index in [2.05, 4.69) is 43.4 Å². The molecule has 0 fully saturated rings. The minimum absolute atomic E-state index is 0.733. The summed E-state index contributed by atoms with van der Waals surface area (Å²) in [6, 6.07) is 9.98. The normalized spacial score (nSPS) is 11.2. The van der Waals surface area contributed by atoms with E-state index in [0.29, 0.717) is 0 Å². The maximum absolute atomic E-state index is 6.03. The molecule has 0 spiro atoms. The van der Waals surface area contributed by atoms with Gasteiger partial charge >= 0.3 is 0 Å². The molecule has 4 rings (SSSR count). The summed E-state index contributed by atoms with van der Waals surface area (Å²) < 4.78 is 2.05. The van der Waals surface area contributed by atoms with E-state index in [0.717, 1.165) is 57.4 Å². The predicted molar refractivity (Wildman–Crippen MR) is 113 cm³/mol. The fourth-order valence-corrected chi connectivity index (χ4v) is 4.23. The molecule has 0 amide bonds. The van der Waals surface area contributed by atoms with Crippen LogP contribution in [0, 0.1) is 13.8 Å². The Balaban J connectivity index is 1.52. The van der Waals surface area contributed by atoms with E-state index >= 15 is 0 Å². The number of nitrogens with zero attached hydrogens (tertiary/aromatic N) is 4. The van der Waals surface area contributed by atoms with Crippen molar-refractivity contribution in [2.24, 2.45) is 0 Å². The summed E-state index contributed by atoms with van der Waals surface area (Å²) in [7, 11) is 0. The van der Waals surface area contributed by atoms with Crippen molar-refractivity contribution in [2.45, 2.75) is 26.8 Å². The molecule has 0 unspecified atom stereocenters. The van der Waals surface area contributed by atoms with E-state index in [1.54, 1.807) is 17.7 Å². The molecule has 5 nitrogen and oxygen atoms in total. The second-order valence-corrected chi connectivity index (χ2v) is 7.78. The first-order chi connectivity index (χ1) is 13.1. The molecular weight excluding hydrogens is 378 g/mol. The standard InChI is InChI=1S/C20H20ClN5S/c1-13-10-14(2)26(25-13)9-3-8-22-19-18-17(11-27-20(18)24-12-23-19)15-4-6-16(21)7-5-15/h4-7,10-12H,3,8-9H2,1-2H3,(H,22,23,24). The molecule has 1 N–H and O–H groups in total. The number of aromatic nitrogens is 4. The molecule has 0 atom stereocenters. The second kappa shape index (κ2) is 7.66. The highest BCUT2D eigenvalue weighted by atomic mass is 35.5. The highest BCUT2D eigenvalue weighted by molar-refractivity contribution is 7.17. The number of hydrogen-bond donors (Lipinski definition) is 1. The Labute approximate surface area is 167 Å². The zero-order valence-corrected chi connectivity index (χ0v) is 16.8. The average Bonchev–Trinajstić information content (AvgIpc) is 3.23. The van der Waals surface area contributed by atoms with Crippen LogP contribution in [-0.4, -0.2) is 26.3 Å². The molecular formula is C20H20ClN5S. The number of halogens is 1. The monoisotopic (exact) mass is 397 g/mol. The van der Waals surface area contributed by atoms with Gasteiger partial charge in [0.25, 0.3) is 0 Å². The van der Waals surface area contributed by atoms with E-state index < -0.39 is 0 Å². The summed E-state index contributed by atoms with van der Waals surface area (Å²) in [5.41, 5.74) is 4.50. The molecule has 0 saturated heterocycles. The number of anilines is 1. The second-order valence-electron chi connectivity index (χ2n) is 6.49. The van der Waals surface area contributed by atoms with Crippen molar-refractivity contribution in [1.29, 1.82) is 0 Å². The Morgan fingerprint density at radius 3 is 2.70 bits per heavy atom. The number of hydrogen-bond acceptors (Lipinski definition) is 5. The van der Waals surface area contributed by atoms with Gasteiger partial charge < -0.3 is 5.32 Å². The number of rotatable bonds is 6. The fourth-order valence-electron chi connectivity index (χ4n) is 3.19. The van der Waals surface area contributed by atoms with Crippen molar-refractivity contribution in [3.8, 4) is 11.1 Å². The van der Waals surface area contributed by atoms with Crippen molar-refractivity contribution < 1.29 is 0 Å². The Morgan fingerprint density at radius 2 is 1.96 bits per heavy atom. The Hall–Kier alpha value is -2.44. The summed E-state index contributed by atoms with van der Waals surface area (Å²) in [6.07, 6.45) is 2.59. The quantitative estimate of drug-likeness (QED) is 0.447. The summed E-state index contributed by atoms with van der Waals surface area (Å²) in [6.45, 7) is 5.81. The van der Waals surface area contributed by atoms with Crippen LogP contribution in [0.1, 0.15) is 17.8 Å². The van der Waals surface area contributed by atoms with E-state index in [-0.39, 0.29) is 0 Å². The van der Waals surface area contributed by atoms with Crippen LogP contribution in [0.2, 0.25) is 5.02 Å². The zero-order chi connectivity index (χ0) is 18.8. The van der Waals surface area contributed by atoms with Crippen LogP contribution in [0.4, 0.5) is 5.82 Å². The minimum Gasteiger partial charge on any atom is -0.369 e. The molecule has 3 aromatic heterocycles. The first-order valence-electron chi connectivity index (χ1n) is 8.85. The van der Waals surface area contributed by atoms with Gasteiger partial charge in [-0.25, -0.2) is 9.97 Å². The van der Waals surface area contributed by atoms with Crippen LogP contribution >= 0.6 is 22.9 Å². The highest BCUT2D eigenvalue weighted by Crippen LogP contribution is 2.36. The fraction of sp³-hybridized carbons (Fsp3) is 0.250. The molecule has 3 heterocycles. The SMILES string of the molecule is Cc1cc(C)n(CCCNc2ncnc3scc(-c4ccc(Cl)cc4)c23)n1. The lowest BCUT2D eigenvalue weighted by Gasteiger charge is -2.09. The Bertz CT molecular complexity index is 1070. The summed E-state index contributed by atoms with van der Waals surface area (Å²) in [5, 5.41) is 11.9. The molecule has 7 heteroatoms. The summed E-state index contributed by atoms with van der Waals surface area (Å²) in [5.74, 6) is 0.875. The van der Waals surface area contributed by atoms with Gasteiger partial charge in [-0.1, -0.05) is 23.7 Å². The van der Waals surface area contributed by atoms with Crippen molar-refractivity contribution in [3.05, 3.63) is 58.4 Å². The van der Waals surface area contributed by atoms with Gasteiger partial charge in [0.1, 0.15) is 17.0 Å². The van der Waals surface area contributed by atoms with Gasteiger partial charge in [0.15, 0.2) is 0 Å². The van der Waals surface area contributed by atoms with Crippen molar-refractivity contribution in [3.63, 3.8) is 0 Å². The molecule has 0 radical (unpaired) electrons. The first-order valence-corrected chi connectivity index (χ1v) is 10.1. The number of nitrogens with one attached hydrogen (secondary N) is 1. The molecule has 0 aliphatic carbocycles. The van der Waals surface area contributed by atoms with Gasteiger partial charge in [0.05, 0.1) is 11.1 Å². The predicted octanol–water partition coefficient (Wildman–Crippen LogP) is 5.33. The van der Waals surface area contributed by atoms with Gasteiger partial charge in [-0.2, -0.15) is 5.10 Å². The smallest absolute Gasteiger partial charge is 0.138 e. The molecule has 138 valence electrons. The molecule has 27 heavy (non-hydrogen) atoms. The largest absolute Gasteiger partial charge is 0.369 e. The maximum atomic E-state index is 6.03. The number of aryl methyl sites for hydroxylation is 3. The highest BCUT2D eigenvalue weighted by Gasteiger charge is 2.13. The zero-order valence-electron chi connectivity index (χ0n) is 15.2. The number of fused-ring (bicyclic) bond motifs is 1. The summed E-state index contributed by atoms with van der Waals surface area (Å²) >= 11 is 7.66. The lowest BCUT2D eigenvalue weighted by Crippen LogP contribution is -2.10. The average molecular weight is 398 g/mol. The van der Waals surface area contributed by atoms with Crippen molar-refractivity contribution in [1.82, 2.24) is 19.7 Å². The third-order valence-electron chi connectivity index (χ3n) is 4.47. The Morgan fingerprint density at radius 1 is 1.15 bits per heavy atom. The van der Waals surface area contributed by atoms with Crippen LogP contribution in [0.15, 0.2) is 42.0 Å². The molecule has 0 saturated carbocycles. The third kappa shape index (κ3) is 3.82. The van der Waals surface area contributed by atoms with Crippen LogP contribution in [0.25, 0.3) is 21.3 Å². The van der Waals surface area contributed by atoms with Crippen molar-refractivity contribution >= 4 is 39.0 Å². The molecule has 0 aliphatic rings. The van der Waals surface area contributed by atoms with Gasteiger partial charge in [-0.05, 0) is 44.0 Å². The first kappa shape index (κ1) is 17.9. The van der Waals surface area contributed by atoms with Crippen molar-refractivity contribution in [2.75, 3.05) is 11.9 Å². The lowest BCUT2D eigenvalue weighted by molar-refractivity contribution is 0.573. The van der Waals surface area contributed by atoms with Gasteiger partial charge in [-0.3, -0.25) is 4.68 Å². The molecule has 4 aromatic rings. The third-order valence-corrected chi connectivity index (χ3v) is 5.61. The minimum atomic E-state index is 0.733. The van der Waals surface area contributed by atoms with E-state index in [4.69, 9.17) is 11.6 Å². The van der Waals surface area contributed by atoms with Crippen LogP contribution in [0.5, 0.6) is 0 Å². The van der Waals surface area contributed by atoms with Gasteiger partial charge in [0.2, 0.25) is 0 Å². The Kier molecular flexibility index (Phi) is 5.09. The van der Waals surface area contributed by atoms with Crippen LogP contribution in [0.3, 0.4) is 0 Å². The van der Waals surface area contributed by atoms with Crippen LogP contribution in [-0.2, 0) is 6.54 Å². The van der Waals surface area contributed by atoms with E-state index in [9.17, 15) is 0 Å². The number of benzene rings is 1. The molecule has 0 bridgehead atoms. The molecule has 0 aliphatic heterocycles. The topological polar surface area (TPSA) is 55.6 Å².